The van der Waals surface area contributed by atoms with Crippen LogP contribution in [0.1, 0.15) is 17.2 Å². The van der Waals surface area contributed by atoms with Crippen LogP contribution in [-0.2, 0) is 0 Å². The van der Waals surface area contributed by atoms with E-state index in [2.05, 4.69) is 15.9 Å². The van der Waals surface area contributed by atoms with Crippen molar-refractivity contribution in [1.29, 1.82) is 0 Å². The summed E-state index contributed by atoms with van der Waals surface area (Å²) in [5.74, 6) is 0. The molecule has 0 fully saturated rings. The van der Waals surface area contributed by atoms with Gasteiger partial charge in [0.2, 0.25) is 0 Å². The minimum Gasteiger partial charge on any atom is -0.379 e. The summed E-state index contributed by atoms with van der Waals surface area (Å²) in [6, 6.07) is 4.42. The third kappa shape index (κ3) is 2.48. The first kappa shape index (κ1) is 11.5. The molecule has 0 heterocycles. The van der Waals surface area contributed by atoms with Gasteiger partial charge in [0.1, 0.15) is 0 Å². The predicted octanol–water partition coefficient (Wildman–Crippen LogP) is 3.35. The summed E-state index contributed by atoms with van der Waals surface area (Å²) < 4.78 is 37.1. The van der Waals surface area contributed by atoms with Crippen molar-refractivity contribution in [2.75, 3.05) is 0 Å². The Morgan fingerprint density at radius 2 is 1.93 bits per heavy atom. The van der Waals surface area contributed by atoms with Crippen LogP contribution >= 0.6 is 15.9 Å². The van der Waals surface area contributed by atoms with E-state index in [1.165, 1.54) is 19.1 Å². The number of halogens is 4. The Bertz CT molecular complexity index is 335. The molecule has 14 heavy (non-hydrogen) atoms. The second kappa shape index (κ2) is 3.90. The van der Waals surface area contributed by atoms with Crippen LogP contribution < -0.4 is 0 Å². The third-order valence-electron chi connectivity index (χ3n) is 1.85. The van der Waals surface area contributed by atoms with Crippen LogP contribution in [0.4, 0.5) is 13.2 Å². The molecule has 0 amide bonds. The fourth-order valence-electron chi connectivity index (χ4n) is 1.08. The van der Waals surface area contributed by atoms with Gasteiger partial charge in [-0.25, -0.2) is 0 Å². The summed E-state index contributed by atoms with van der Waals surface area (Å²) in [5, 5.41) is 9.02. The van der Waals surface area contributed by atoms with Gasteiger partial charge >= 0.3 is 6.18 Å². The normalized spacial score (nSPS) is 14.1. The van der Waals surface area contributed by atoms with Gasteiger partial charge in [0.25, 0.3) is 0 Å². The molecule has 0 aliphatic carbocycles. The van der Waals surface area contributed by atoms with E-state index >= 15 is 0 Å². The van der Waals surface area contributed by atoms with Crippen molar-refractivity contribution in [2.24, 2.45) is 0 Å². The Hall–Kier alpha value is -0.550. The summed E-state index contributed by atoms with van der Waals surface area (Å²) >= 11 is 3.05. The van der Waals surface area contributed by atoms with E-state index in [4.69, 9.17) is 5.11 Å². The van der Waals surface area contributed by atoms with Gasteiger partial charge in [0.15, 0.2) is 6.10 Å². The Labute approximate surface area is 87.7 Å². The minimum atomic E-state index is -4.62. The van der Waals surface area contributed by atoms with Gasteiger partial charge in [-0.2, -0.15) is 13.2 Å². The largest absolute Gasteiger partial charge is 0.418 e. The Kier molecular flexibility index (Phi) is 3.21. The van der Waals surface area contributed by atoms with Crippen LogP contribution in [0.3, 0.4) is 0 Å². The van der Waals surface area contributed by atoms with Crippen LogP contribution in [0.5, 0.6) is 0 Å². The summed E-state index contributed by atoms with van der Waals surface area (Å²) in [4.78, 5) is 0. The lowest BCUT2D eigenvalue weighted by Gasteiger charge is -2.17. The number of alkyl halides is 3. The van der Waals surface area contributed by atoms with Crippen LogP contribution in [0.15, 0.2) is 22.7 Å². The fraction of sp³-hybridized carbons (Fsp3) is 0.333. The van der Waals surface area contributed by atoms with Gasteiger partial charge in [-0.05, 0) is 30.2 Å². The second-order valence-electron chi connectivity index (χ2n) is 2.95. The van der Waals surface area contributed by atoms with E-state index < -0.39 is 12.3 Å². The van der Waals surface area contributed by atoms with Crippen molar-refractivity contribution < 1.29 is 18.3 Å². The molecule has 1 nitrogen and oxygen atoms in total. The minimum absolute atomic E-state index is 0.119. The van der Waals surface area contributed by atoms with Crippen LogP contribution in [0.25, 0.3) is 0 Å². The second-order valence-corrected chi connectivity index (χ2v) is 3.86. The highest BCUT2D eigenvalue weighted by Gasteiger charge is 2.40. The maximum Gasteiger partial charge on any atom is 0.418 e. The molecule has 0 spiro atoms. The van der Waals surface area contributed by atoms with Crippen molar-refractivity contribution >= 4 is 15.9 Å². The van der Waals surface area contributed by atoms with Gasteiger partial charge in [0.05, 0.1) is 0 Å². The highest BCUT2D eigenvalue weighted by Crippen LogP contribution is 2.34. The van der Waals surface area contributed by atoms with Crippen LogP contribution in [0.2, 0.25) is 0 Å². The van der Waals surface area contributed by atoms with Gasteiger partial charge in [-0.3, -0.25) is 0 Å². The van der Waals surface area contributed by atoms with Crippen LogP contribution in [-0.4, -0.2) is 11.3 Å². The highest BCUT2D eigenvalue weighted by molar-refractivity contribution is 9.10. The fourth-order valence-corrected chi connectivity index (χ4v) is 1.46. The summed E-state index contributed by atoms with van der Waals surface area (Å²) in [7, 11) is 0. The third-order valence-corrected chi connectivity index (χ3v) is 2.34. The zero-order chi connectivity index (χ0) is 10.9. The molecule has 0 saturated carbocycles. The molecule has 0 aliphatic heterocycles. The van der Waals surface area contributed by atoms with E-state index in [-0.39, 0.29) is 5.56 Å². The van der Waals surface area contributed by atoms with Crippen molar-refractivity contribution in [3.05, 3.63) is 33.8 Å². The van der Waals surface area contributed by atoms with Crippen molar-refractivity contribution in [2.45, 2.75) is 19.2 Å². The lowest BCUT2D eigenvalue weighted by Crippen LogP contribution is -2.21. The van der Waals surface area contributed by atoms with Crippen molar-refractivity contribution in [3.8, 4) is 0 Å². The topological polar surface area (TPSA) is 20.2 Å². The Balaban J connectivity index is 3.12. The maximum absolute atomic E-state index is 12.2. The van der Waals surface area contributed by atoms with E-state index in [9.17, 15) is 13.2 Å². The number of aliphatic hydroxyl groups is 1. The van der Waals surface area contributed by atoms with Gasteiger partial charge in [0, 0.05) is 4.47 Å². The first-order chi connectivity index (χ1) is 6.32. The van der Waals surface area contributed by atoms with Crippen LogP contribution in [0, 0.1) is 6.92 Å². The lowest BCUT2D eigenvalue weighted by molar-refractivity contribution is -0.207. The summed E-state index contributed by atoms with van der Waals surface area (Å²) in [5.41, 5.74) is 0.296. The molecule has 0 saturated heterocycles. The monoisotopic (exact) mass is 268 g/mol. The van der Waals surface area contributed by atoms with Gasteiger partial charge < -0.3 is 5.11 Å². The first-order valence-corrected chi connectivity index (χ1v) is 4.62. The molecule has 1 N–H and O–H groups in total. The highest BCUT2D eigenvalue weighted by atomic mass is 79.9. The first-order valence-electron chi connectivity index (χ1n) is 3.83. The Morgan fingerprint density at radius 3 is 2.43 bits per heavy atom. The molecule has 1 aromatic carbocycles. The standard InChI is InChI=1S/C9H8BrF3O/c1-5-2-3-6(10)4-7(5)8(14)9(11,12)13/h2-4,8,14H,1H3/t8-/m0/s1. The van der Waals surface area contributed by atoms with E-state index in [0.29, 0.717) is 10.0 Å². The van der Waals surface area contributed by atoms with E-state index in [1.807, 2.05) is 0 Å². The molecule has 0 radical (unpaired) electrons. The molecule has 0 unspecified atom stereocenters. The number of rotatable bonds is 1. The molecule has 1 rings (SSSR count). The number of aryl methyl sites for hydroxylation is 1. The van der Waals surface area contributed by atoms with E-state index in [1.54, 1.807) is 6.07 Å². The smallest absolute Gasteiger partial charge is 0.379 e. The molecule has 1 aromatic rings. The maximum atomic E-state index is 12.2. The van der Waals surface area contributed by atoms with Gasteiger partial charge in [-0.15, -0.1) is 0 Å². The molecule has 78 valence electrons. The van der Waals surface area contributed by atoms with Gasteiger partial charge in [-0.1, -0.05) is 22.0 Å². The molecular weight excluding hydrogens is 261 g/mol. The van der Waals surface area contributed by atoms with Crippen molar-refractivity contribution in [1.82, 2.24) is 0 Å². The van der Waals surface area contributed by atoms with E-state index in [0.717, 1.165) is 0 Å². The number of aliphatic hydroxyl groups excluding tert-OH is 1. The molecule has 5 heteroatoms. The molecule has 0 aliphatic rings. The van der Waals surface area contributed by atoms with Crippen molar-refractivity contribution in [3.63, 3.8) is 0 Å². The average Bonchev–Trinajstić information content (AvgIpc) is 2.06. The predicted molar refractivity (Wildman–Crippen MR) is 49.9 cm³/mol. The number of benzene rings is 1. The lowest BCUT2D eigenvalue weighted by atomic mass is 10.0. The molecule has 0 bridgehead atoms. The molecule has 1 atom stereocenters. The summed E-state index contributed by atoms with van der Waals surface area (Å²) in [6.45, 7) is 1.52. The Morgan fingerprint density at radius 1 is 1.36 bits per heavy atom. The zero-order valence-electron chi connectivity index (χ0n) is 7.27. The summed E-state index contributed by atoms with van der Waals surface area (Å²) in [6.07, 6.45) is -7.04. The SMILES string of the molecule is Cc1ccc(Br)cc1[C@H](O)C(F)(F)F. The zero-order valence-corrected chi connectivity index (χ0v) is 8.85. The number of hydrogen-bond donors (Lipinski definition) is 1. The molecule has 0 aromatic heterocycles. The quantitative estimate of drug-likeness (QED) is 0.828. The number of hydrogen-bond acceptors (Lipinski definition) is 1. The average molecular weight is 269 g/mol. The molecular formula is C9H8BrF3O.